The number of aromatic hydroxyl groups is 1. The Labute approximate surface area is 89.3 Å². The third kappa shape index (κ3) is 1.57. The number of phenolic OH excluding ortho intramolecular Hbond substituents is 1. The van der Waals surface area contributed by atoms with E-state index in [0.717, 1.165) is 30.6 Å². The molecule has 1 aliphatic carbocycles. The topological polar surface area (TPSA) is 49.7 Å². The summed E-state index contributed by atoms with van der Waals surface area (Å²) in [5, 5.41) is 19.2. The van der Waals surface area contributed by atoms with Crippen LogP contribution in [-0.2, 0) is 5.41 Å². The largest absolute Gasteiger partial charge is 0.508 e. The highest BCUT2D eigenvalue weighted by atomic mass is 16.5. The average Bonchev–Trinajstić information content (AvgIpc) is 2.20. The fourth-order valence-electron chi connectivity index (χ4n) is 2.18. The molecule has 0 saturated heterocycles. The van der Waals surface area contributed by atoms with Crippen LogP contribution in [0.25, 0.3) is 0 Å². The number of aliphatic hydroxyl groups is 1. The number of aliphatic hydroxyl groups excluding tert-OH is 1. The molecule has 2 rings (SSSR count). The standard InChI is InChI=1S/C12H16O3/c1-15-9-3-4-11(14)10(7-9)12(8-13)5-2-6-12/h3-4,7,13-14H,2,5-6,8H2,1H3. The van der Waals surface area contributed by atoms with Gasteiger partial charge in [0.2, 0.25) is 0 Å². The van der Waals surface area contributed by atoms with Crippen LogP contribution >= 0.6 is 0 Å². The molecule has 0 bridgehead atoms. The molecule has 15 heavy (non-hydrogen) atoms. The zero-order chi connectivity index (χ0) is 10.9. The van der Waals surface area contributed by atoms with E-state index in [-0.39, 0.29) is 17.8 Å². The number of methoxy groups -OCH3 is 1. The maximum atomic E-state index is 9.80. The van der Waals surface area contributed by atoms with Crippen molar-refractivity contribution < 1.29 is 14.9 Å². The van der Waals surface area contributed by atoms with Crippen molar-refractivity contribution in [3.05, 3.63) is 23.8 Å². The van der Waals surface area contributed by atoms with Crippen molar-refractivity contribution in [2.75, 3.05) is 13.7 Å². The molecule has 0 radical (unpaired) electrons. The van der Waals surface area contributed by atoms with E-state index < -0.39 is 0 Å². The van der Waals surface area contributed by atoms with E-state index in [0.29, 0.717) is 0 Å². The van der Waals surface area contributed by atoms with Gasteiger partial charge >= 0.3 is 0 Å². The molecule has 0 spiro atoms. The number of hydrogen-bond acceptors (Lipinski definition) is 3. The molecular weight excluding hydrogens is 192 g/mol. The first-order valence-electron chi connectivity index (χ1n) is 5.20. The van der Waals surface area contributed by atoms with Gasteiger partial charge in [-0.2, -0.15) is 0 Å². The zero-order valence-corrected chi connectivity index (χ0v) is 8.86. The molecule has 82 valence electrons. The Morgan fingerprint density at radius 2 is 2.13 bits per heavy atom. The van der Waals surface area contributed by atoms with Gasteiger partial charge in [-0.05, 0) is 31.0 Å². The Morgan fingerprint density at radius 3 is 2.60 bits per heavy atom. The summed E-state index contributed by atoms with van der Waals surface area (Å²) in [6.45, 7) is 0.0910. The van der Waals surface area contributed by atoms with Gasteiger partial charge in [0.1, 0.15) is 11.5 Å². The molecule has 1 aromatic rings. The van der Waals surface area contributed by atoms with Crippen LogP contribution in [0.15, 0.2) is 18.2 Å². The molecule has 1 fully saturated rings. The molecule has 1 saturated carbocycles. The summed E-state index contributed by atoms with van der Waals surface area (Å²) in [6, 6.07) is 5.18. The van der Waals surface area contributed by atoms with Gasteiger partial charge in [0.25, 0.3) is 0 Å². The Kier molecular flexibility index (Phi) is 2.57. The summed E-state index contributed by atoms with van der Waals surface area (Å²) in [4.78, 5) is 0. The van der Waals surface area contributed by atoms with Crippen molar-refractivity contribution in [3.63, 3.8) is 0 Å². The highest BCUT2D eigenvalue weighted by molar-refractivity contribution is 5.45. The Balaban J connectivity index is 2.41. The lowest BCUT2D eigenvalue weighted by Crippen LogP contribution is -2.37. The minimum atomic E-state index is -0.237. The van der Waals surface area contributed by atoms with E-state index in [1.165, 1.54) is 0 Å². The number of benzene rings is 1. The van der Waals surface area contributed by atoms with Crippen molar-refractivity contribution in [1.82, 2.24) is 0 Å². The quantitative estimate of drug-likeness (QED) is 0.796. The van der Waals surface area contributed by atoms with Crippen LogP contribution in [0.4, 0.5) is 0 Å². The third-order valence-corrected chi connectivity index (χ3v) is 3.39. The molecule has 0 aliphatic heterocycles. The van der Waals surface area contributed by atoms with Gasteiger partial charge in [0, 0.05) is 11.0 Å². The average molecular weight is 208 g/mol. The SMILES string of the molecule is COc1ccc(O)c(C2(CO)CCC2)c1. The highest BCUT2D eigenvalue weighted by Crippen LogP contribution is 2.47. The van der Waals surface area contributed by atoms with E-state index in [1.54, 1.807) is 19.2 Å². The van der Waals surface area contributed by atoms with Crippen molar-refractivity contribution in [2.45, 2.75) is 24.7 Å². The minimum absolute atomic E-state index is 0.0910. The van der Waals surface area contributed by atoms with E-state index in [4.69, 9.17) is 4.74 Å². The van der Waals surface area contributed by atoms with Gasteiger partial charge in [0.15, 0.2) is 0 Å². The van der Waals surface area contributed by atoms with Gasteiger partial charge in [-0.25, -0.2) is 0 Å². The maximum absolute atomic E-state index is 9.80. The normalized spacial score (nSPS) is 18.3. The second-order valence-electron chi connectivity index (χ2n) is 4.18. The first-order chi connectivity index (χ1) is 7.22. The first kappa shape index (κ1) is 10.3. The van der Waals surface area contributed by atoms with Crippen LogP contribution in [0.5, 0.6) is 11.5 Å². The van der Waals surface area contributed by atoms with Crippen LogP contribution < -0.4 is 4.74 Å². The van der Waals surface area contributed by atoms with E-state index >= 15 is 0 Å². The molecule has 0 heterocycles. The summed E-state index contributed by atoms with van der Waals surface area (Å²) in [7, 11) is 1.60. The molecule has 1 aromatic carbocycles. The predicted octanol–water partition coefficient (Wildman–Crippen LogP) is 1.81. The number of hydrogen-bond donors (Lipinski definition) is 2. The van der Waals surface area contributed by atoms with Gasteiger partial charge in [-0.3, -0.25) is 0 Å². The molecule has 1 aliphatic rings. The molecule has 3 nitrogen and oxygen atoms in total. The zero-order valence-electron chi connectivity index (χ0n) is 8.86. The maximum Gasteiger partial charge on any atom is 0.119 e. The molecule has 2 N–H and O–H groups in total. The van der Waals surface area contributed by atoms with Crippen molar-refractivity contribution >= 4 is 0 Å². The van der Waals surface area contributed by atoms with E-state index in [9.17, 15) is 10.2 Å². The van der Waals surface area contributed by atoms with Gasteiger partial charge in [-0.15, -0.1) is 0 Å². The van der Waals surface area contributed by atoms with Crippen LogP contribution in [0.1, 0.15) is 24.8 Å². The predicted molar refractivity (Wildman–Crippen MR) is 57.3 cm³/mol. The number of rotatable bonds is 3. The monoisotopic (exact) mass is 208 g/mol. The lowest BCUT2D eigenvalue weighted by Gasteiger charge is -2.41. The highest BCUT2D eigenvalue weighted by Gasteiger charge is 2.40. The summed E-state index contributed by atoms with van der Waals surface area (Å²) in [5.74, 6) is 0.979. The number of ether oxygens (including phenoxy) is 1. The molecule has 0 unspecified atom stereocenters. The van der Waals surface area contributed by atoms with Crippen molar-refractivity contribution in [1.29, 1.82) is 0 Å². The third-order valence-electron chi connectivity index (χ3n) is 3.39. The fourth-order valence-corrected chi connectivity index (χ4v) is 2.18. The fraction of sp³-hybridized carbons (Fsp3) is 0.500. The van der Waals surface area contributed by atoms with E-state index in [1.807, 2.05) is 6.07 Å². The first-order valence-corrected chi connectivity index (χ1v) is 5.20. The van der Waals surface area contributed by atoms with Gasteiger partial charge in [0.05, 0.1) is 13.7 Å². The Hall–Kier alpha value is -1.22. The van der Waals surface area contributed by atoms with Crippen LogP contribution in [-0.4, -0.2) is 23.9 Å². The Bertz CT molecular complexity index is 350. The Morgan fingerprint density at radius 1 is 1.40 bits per heavy atom. The van der Waals surface area contributed by atoms with E-state index in [2.05, 4.69) is 0 Å². The van der Waals surface area contributed by atoms with Crippen molar-refractivity contribution in [3.8, 4) is 11.5 Å². The second kappa shape index (κ2) is 3.74. The lowest BCUT2D eigenvalue weighted by molar-refractivity contribution is 0.117. The summed E-state index contributed by atoms with van der Waals surface area (Å²) in [6.07, 6.45) is 2.98. The van der Waals surface area contributed by atoms with Crippen molar-refractivity contribution in [2.24, 2.45) is 0 Å². The summed E-state index contributed by atoms with van der Waals surface area (Å²) in [5.41, 5.74) is 0.578. The van der Waals surface area contributed by atoms with Gasteiger partial charge in [-0.1, -0.05) is 6.42 Å². The lowest BCUT2D eigenvalue weighted by atomic mass is 9.65. The smallest absolute Gasteiger partial charge is 0.119 e. The minimum Gasteiger partial charge on any atom is -0.508 e. The van der Waals surface area contributed by atoms with Crippen LogP contribution in [0.3, 0.4) is 0 Å². The molecule has 3 heteroatoms. The summed E-state index contributed by atoms with van der Waals surface area (Å²) >= 11 is 0. The number of phenols is 1. The van der Waals surface area contributed by atoms with Gasteiger partial charge < -0.3 is 14.9 Å². The van der Waals surface area contributed by atoms with Crippen LogP contribution in [0.2, 0.25) is 0 Å². The second-order valence-corrected chi connectivity index (χ2v) is 4.18. The molecular formula is C12H16O3. The summed E-state index contributed by atoms with van der Waals surface area (Å²) < 4.78 is 5.13. The molecule has 0 atom stereocenters. The molecule has 0 aromatic heterocycles. The van der Waals surface area contributed by atoms with Crippen LogP contribution in [0, 0.1) is 0 Å². The molecule has 0 amide bonds.